The first-order chi connectivity index (χ1) is 14.4. The third-order valence-corrected chi connectivity index (χ3v) is 8.67. The van der Waals surface area contributed by atoms with Crippen molar-refractivity contribution in [3.05, 3.63) is 29.8 Å². The average molecular weight is 414 g/mol. The van der Waals surface area contributed by atoms with Crippen molar-refractivity contribution in [3.63, 3.8) is 0 Å². The lowest BCUT2D eigenvalue weighted by Gasteiger charge is -2.63. The highest BCUT2D eigenvalue weighted by molar-refractivity contribution is 5.67. The van der Waals surface area contributed by atoms with Gasteiger partial charge in [0.1, 0.15) is 18.0 Å². The van der Waals surface area contributed by atoms with E-state index in [1.807, 2.05) is 6.07 Å². The van der Waals surface area contributed by atoms with Gasteiger partial charge in [0, 0.05) is 22.9 Å². The van der Waals surface area contributed by atoms with E-state index in [1.165, 1.54) is 19.3 Å². The number of benzene rings is 1. The van der Waals surface area contributed by atoms with Crippen molar-refractivity contribution in [2.75, 3.05) is 13.2 Å². The maximum atomic E-state index is 12.5. The third-order valence-electron chi connectivity index (χ3n) is 8.67. The number of para-hydroxylation sites is 1. The molecule has 2 aliphatic heterocycles. The highest BCUT2D eigenvalue weighted by Crippen LogP contribution is 2.63. The molecule has 1 N–H and O–H groups in total. The zero-order valence-corrected chi connectivity index (χ0v) is 18.5. The number of fused-ring (bicyclic) bond motifs is 3. The molecule has 1 aromatic rings. The summed E-state index contributed by atoms with van der Waals surface area (Å²) in [5.41, 5.74) is 0.734. The van der Waals surface area contributed by atoms with Crippen LogP contribution in [0.2, 0.25) is 0 Å². The highest BCUT2D eigenvalue weighted by atomic mass is 16.6. The van der Waals surface area contributed by atoms with Gasteiger partial charge in [0.2, 0.25) is 0 Å². The largest absolute Gasteiger partial charge is 0.487 e. The van der Waals surface area contributed by atoms with E-state index in [4.69, 9.17) is 14.2 Å². The lowest BCUT2D eigenvalue weighted by Crippen LogP contribution is -2.66. The molecule has 2 bridgehead atoms. The van der Waals surface area contributed by atoms with Crippen LogP contribution >= 0.6 is 0 Å². The van der Waals surface area contributed by atoms with E-state index >= 15 is 0 Å². The summed E-state index contributed by atoms with van der Waals surface area (Å²) < 4.78 is 19.0. The first-order valence-corrected chi connectivity index (χ1v) is 11.8. The van der Waals surface area contributed by atoms with Gasteiger partial charge in [-0.1, -0.05) is 51.3 Å². The van der Waals surface area contributed by atoms with Gasteiger partial charge in [-0.05, 0) is 44.1 Å². The van der Waals surface area contributed by atoms with Gasteiger partial charge in [0.05, 0.1) is 12.7 Å². The van der Waals surface area contributed by atoms with Gasteiger partial charge < -0.3 is 19.5 Å². The number of carbonyl (C=O) groups is 1. The van der Waals surface area contributed by atoms with Crippen LogP contribution in [0.15, 0.2) is 24.3 Å². The van der Waals surface area contributed by atoms with Crippen LogP contribution in [-0.2, 0) is 9.47 Å². The van der Waals surface area contributed by atoms with Crippen molar-refractivity contribution >= 4 is 6.09 Å². The predicted octanol–water partition coefficient (Wildman–Crippen LogP) is 5.25. The number of carbonyl (C=O) groups excluding carboxylic acids is 1. The molecule has 0 aromatic heterocycles. The molecule has 2 heterocycles. The summed E-state index contributed by atoms with van der Waals surface area (Å²) in [7, 11) is 0. The maximum Gasteiger partial charge on any atom is 0.407 e. The highest BCUT2D eigenvalue weighted by Gasteiger charge is 2.64. The Morgan fingerprint density at radius 2 is 1.97 bits per heavy atom. The third kappa shape index (κ3) is 3.12. The quantitative estimate of drug-likeness (QED) is 0.736. The van der Waals surface area contributed by atoms with Crippen LogP contribution < -0.4 is 10.1 Å². The summed E-state index contributed by atoms with van der Waals surface area (Å²) in [6.45, 7) is 7.86. The Kier molecular flexibility index (Phi) is 5.00. The van der Waals surface area contributed by atoms with Crippen molar-refractivity contribution in [3.8, 4) is 5.75 Å². The van der Waals surface area contributed by atoms with Gasteiger partial charge in [-0.25, -0.2) is 4.79 Å². The van der Waals surface area contributed by atoms with Gasteiger partial charge in [0.15, 0.2) is 0 Å². The summed E-state index contributed by atoms with van der Waals surface area (Å²) >= 11 is 0. The SMILES string of the molecule is CC1CC2(C)Oc3ccccc3C3OCC1(COC(=O)NC1CCCCC1)[C@@H](C)C32. The standard InChI is InChI=1S/C25H35NO4/c1-16-13-24(3)21-17(2)25(16,15-29-23(27)26-18-9-5-4-6-10-18)14-28-22(21)19-11-7-8-12-20(19)30-24/h7-8,11-12,16-18,21-22H,4-6,9-10,13-15H2,1-3H3,(H,26,27)/t16?,17-,21?,22?,24?,25?/m0/s1. The summed E-state index contributed by atoms with van der Waals surface area (Å²) in [5.74, 6) is 1.88. The Labute approximate surface area is 179 Å². The number of nitrogens with one attached hydrogen (secondary N) is 1. The van der Waals surface area contributed by atoms with Crippen molar-refractivity contribution in [2.24, 2.45) is 23.2 Å². The molecule has 4 aliphatic rings. The Bertz CT molecular complexity index is 806. The van der Waals surface area contributed by atoms with E-state index in [0.717, 1.165) is 30.6 Å². The lowest BCUT2D eigenvalue weighted by molar-refractivity contribution is -0.259. The summed E-state index contributed by atoms with van der Waals surface area (Å²) in [5, 5.41) is 3.09. The zero-order valence-electron chi connectivity index (χ0n) is 18.5. The summed E-state index contributed by atoms with van der Waals surface area (Å²) in [6, 6.07) is 8.55. The Morgan fingerprint density at radius 3 is 2.77 bits per heavy atom. The summed E-state index contributed by atoms with van der Waals surface area (Å²) in [6.07, 6.45) is 6.52. The fourth-order valence-electron chi connectivity index (χ4n) is 6.91. The zero-order chi connectivity index (χ0) is 20.9. The molecule has 1 aromatic carbocycles. The minimum Gasteiger partial charge on any atom is -0.487 e. The molecule has 3 fully saturated rings. The monoisotopic (exact) mass is 413 g/mol. The van der Waals surface area contributed by atoms with Crippen LogP contribution in [0.25, 0.3) is 0 Å². The van der Waals surface area contributed by atoms with E-state index in [1.54, 1.807) is 0 Å². The van der Waals surface area contributed by atoms with Gasteiger partial charge in [-0.3, -0.25) is 0 Å². The van der Waals surface area contributed by atoms with E-state index in [2.05, 4.69) is 44.3 Å². The first kappa shape index (κ1) is 20.2. The van der Waals surface area contributed by atoms with Crippen LogP contribution in [0, 0.1) is 23.2 Å². The molecule has 5 rings (SSSR count). The molecule has 5 nitrogen and oxygen atoms in total. The molecule has 1 saturated heterocycles. The van der Waals surface area contributed by atoms with Crippen LogP contribution in [0.5, 0.6) is 5.75 Å². The molecule has 2 saturated carbocycles. The molecule has 0 radical (unpaired) electrons. The Morgan fingerprint density at radius 1 is 1.20 bits per heavy atom. The second-order valence-corrected chi connectivity index (χ2v) is 10.4. The number of hydrogen-bond donors (Lipinski definition) is 1. The Balaban J connectivity index is 1.34. The molecule has 0 spiro atoms. The Hall–Kier alpha value is -1.75. The van der Waals surface area contributed by atoms with Crippen LogP contribution in [-0.4, -0.2) is 30.9 Å². The van der Waals surface area contributed by atoms with Gasteiger partial charge >= 0.3 is 6.09 Å². The predicted molar refractivity (Wildman–Crippen MR) is 114 cm³/mol. The lowest BCUT2D eigenvalue weighted by atomic mass is 9.50. The van der Waals surface area contributed by atoms with Crippen LogP contribution in [0.3, 0.4) is 0 Å². The molecule has 30 heavy (non-hydrogen) atoms. The minimum atomic E-state index is -0.267. The van der Waals surface area contributed by atoms with Crippen molar-refractivity contribution in [2.45, 2.75) is 77.0 Å². The number of ether oxygens (including phenoxy) is 3. The number of rotatable bonds is 3. The van der Waals surface area contributed by atoms with Crippen molar-refractivity contribution in [1.29, 1.82) is 0 Å². The molecule has 5 heteroatoms. The van der Waals surface area contributed by atoms with E-state index in [9.17, 15) is 4.79 Å². The fraction of sp³-hybridized carbons (Fsp3) is 0.720. The number of alkyl carbamates (subject to hydrolysis) is 1. The molecule has 5 unspecified atom stereocenters. The average Bonchev–Trinajstić information content (AvgIpc) is 2.73. The molecule has 164 valence electrons. The van der Waals surface area contributed by atoms with Gasteiger partial charge in [-0.15, -0.1) is 0 Å². The van der Waals surface area contributed by atoms with Crippen LogP contribution in [0.1, 0.15) is 71.0 Å². The van der Waals surface area contributed by atoms with E-state index in [-0.39, 0.29) is 35.2 Å². The maximum absolute atomic E-state index is 12.5. The molecule has 6 atom stereocenters. The molecule has 2 aliphatic carbocycles. The van der Waals surface area contributed by atoms with Crippen LogP contribution in [0.4, 0.5) is 4.79 Å². The number of hydrogen-bond acceptors (Lipinski definition) is 4. The normalized spacial score (nSPS) is 40.1. The van der Waals surface area contributed by atoms with Gasteiger partial charge in [-0.2, -0.15) is 0 Å². The van der Waals surface area contributed by atoms with Gasteiger partial charge in [0.25, 0.3) is 0 Å². The van der Waals surface area contributed by atoms with Crippen molar-refractivity contribution < 1.29 is 19.0 Å². The molecular formula is C25H35NO4. The second kappa shape index (κ2) is 7.44. The molecular weight excluding hydrogens is 378 g/mol. The smallest absolute Gasteiger partial charge is 0.407 e. The second-order valence-electron chi connectivity index (χ2n) is 10.4. The van der Waals surface area contributed by atoms with Crippen molar-refractivity contribution in [1.82, 2.24) is 5.32 Å². The fourth-order valence-corrected chi connectivity index (χ4v) is 6.91. The van der Waals surface area contributed by atoms with E-state index in [0.29, 0.717) is 25.0 Å². The molecule has 1 amide bonds. The topological polar surface area (TPSA) is 56.8 Å². The first-order valence-electron chi connectivity index (χ1n) is 11.8. The minimum absolute atomic E-state index is 0.0478. The van der Waals surface area contributed by atoms with E-state index < -0.39 is 0 Å². The number of amides is 1. The summed E-state index contributed by atoms with van der Waals surface area (Å²) in [4.78, 5) is 12.5.